The summed E-state index contributed by atoms with van der Waals surface area (Å²) in [5.41, 5.74) is 2.26. The Hall–Kier alpha value is -3.59. The van der Waals surface area contributed by atoms with Crippen molar-refractivity contribution in [1.82, 2.24) is 4.57 Å². The van der Waals surface area contributed by atoms with Crippen molar-refractivity contribution >= 4 is 28.5 Å². The second-order valence-electron chi connectivity index (χ2n) is 5.34. The van der Waals surface area contributed by atoms with Gasteiger partial charge in [0, 0.05) is 29.8 Å². The number of aryl methyl sites for hydroxylation is 1. The van der Waals surface area contributed by atoms with E-state index >= 15 is 0 Å². The lowest BCUT2D eigenvalue weighted by Crippen LogP contribution is -2.12. The Morgan fingerprint density at radius 2 is 2.00 bits per heavy atom. The topological polar surface area (TPSA) is 95.1 Å². The molecule has 0 unspecified atom stereocenters. The summed E-state index contributed by atoms with van der Waals surface area (Å²) in [6.45, 7) is 0. The van der Waals surface area contributed by atoms with Crippen LogP contribution in [0.4, 0.5) is 5.69 Å². The molecule has 0 aliphatic rings. The first-order chi connectivity index (χ1) is 11.5. The summed E-state index contributed by atoms with van der Waals surface area (Å²) >= 11 is 0. The van der Waals surface area contributed by atoms with Crippen molar-refractivity contribution in [2.75, 3.05) is 5.32 Å². The van der Waals surface area contributed by atoms with Crippen LogP contribution in [0.25, 0.3) is 10.9 Å². The second-order valence-corrected chi connectivity index (χ2v) is 5.34. The van der Waals surface area contributed by atoms with E-state index in [-0.39, 0.29) is 11.5 Å². The minimum Gasteiger partial charge on any atom is -0.478 e. The highest BCUT2D eigenvalue weighted by atomic mass is 16.4. The van der Waals surface area contributed by atoms with Gasteiger partial charge < -0.3 is 15.0 Å². The van der Waals surface area contributed by atoms with Crippen molar-refractivity contribution in [2.24, 2.45) is 7.05 Å². The maximum Gasteiger partial charge on any atom is 0.335 e. The number of hydrogen-bond acceptors (Lipinski definition) is 3. The number of nitrogens with zero attached hydrogens (tertiary/aromatic N) is 2. The van der Waals surface area contributed by atoms with E-state index in [2.05, 4.69) is 11.4 Å². The summed E-state index contributed by atoms with van der Waals surface area (Å²) < 4.78 is 1.78. The molecule has 0 fully saturated rings. The molecule has 1 amide bonds. The fourth-order valence-electron chi connectivity index (χ4n) is 2.56. The van der Waals surface area contributed by atoms with Crippen molar-refractivity contribution < 1.29 is 14.7 Å². The van der Waals surface area contributed by atoms with Crippen LogP contribution in [0.5, 0.6) is 0 Å². The number of nitriles is 1. The van der Waals surface area contributed by atoms with Gasteiger partial charge >= 0.3 is 5.97 Å². The molecule has 0 aliphatic heterocycles. The van der Waals surface area contributed by atoms with Gasteiger partial charge in [-0.3, -0.25) is 4.79 Å². The lowest BCUT2D eigenvalue weighted by atomic mass is 10.1. The fourth-order valence-corrected chi connectivity index (χ4v) is 2.56. The van der Waals surface area contributed by atoms with Crippen molar-refractivity contribution in [3.63, 3.8) is 0 Å². The minimum atomic E-state index is -1.06. The molecule has 0 saturated heterocycles. The average Bonchev–Trinajstić information content (AvgIpc) is 2.91. The normalized spacial score (nSPS) is 10.3. The maximum atomic E-state index is 12.5. The van der Waals surface area contributed by atoms with Crippen LogP contribution in [0.1, 0.15) is 26.3 Å². The van der Waals surface area contributed by atoms with E-state index in [1.165, 1.54) is 12.1 Å². The monoisotopic (exact) mass is 319 g/mol. The van der Waals surface area contributed by atoms with Gasteiger partial charge in [0.25, 0.3) is 5.91 Å². The Labute approximate surface area is 137 Å². The molecule has 6 nitrogen and oxygen atoms in total. The van der Waals surface area contributed by atoms with Crippen LogP contribution in [0.15, 0.2) is 48.7 Å². The molecule has 3 rings (SSSR count). The van der Waals surface area contributed by atoms with E-state index in [0.29, 0.717) is 16.8 Å². The molecule has 3 aromatic rings. The number of amides is 1. The number of aromatic carboxylic acids is 1. The van der Waals surface area contributed by atoms with Gasteiger partial charge in [-0.1, -0.05) is 12.1 Å². The lowest BCUT2D eigenvalue weighted by molar-refractivity contribution is 0.0696. The number of nitrogens with one attached hydrogen (secondary N) is 1. The first-order valence-electron chi connectivity index (χ1n) is 7.13. The predicted octanol–water partition coefficient (Wildman–Crippen LogP) is 3.00. The van der Waals surface area contributed by atoms with E-state index in [1.807, 2.05) is 0 Å². The molecule has 0 spiro atoms. The molecule has 0 bridgehead atoms. The van der Waals surface area contributed by atoms with E-state index in [9.17, 15) is 9.59 Å². The van der Waals surface area contributed by atoms with Crippen LogP contribution in [0.3, 0.4) is 0 Å². The van der Waals surface area contributed by atoms with E-state index in [1.54, 1.807) is 48.1 Å². The largest absolute Gasteiger partial charge is 0.478 e. The van der Waals surface area contributed by atoms with Crippen LogP contribution in [0.2, 0.25) is 0 Å². The van der Waals surface area contributed by atoms with Crippen molar-refractivity contribution in [2.45, 2.75) is 0 Å². The average molecular weight is 319 g/mol. The van der Waals surface area contributed by atoms with Gasteiger partial charge in [-0.25, -0.2) is 4.79 Å². The lowest BCUT2D eigenvalue weighted by Gasteiger charge is -2.05. The molecule has 0 aliphatic carbocycles. The van der Waals surface area contributed by atoms with Crippen LogP contribution in [-0.2, 0) is 7.05 Å². The summed E-state index contributed by atoms with van der Waals surface area (Å²) in [5, 5.41) is 21.4. The Kier molecular flexibility index (Phi) is 3.76. The number of hydrogen-bond donors (Lipinski definition) is 2. The zero-order valence-corrected chi connectivity index (χ0v) is 12.8. The highest BCUT2D eigenvalue weighted by Crippen LogP contribution is 2.23. The molecule has 0 atom stereocenters. The van der Waals surface area contributed by atoms with E-state index in [4.69, 9.17) is 10.4 Å². The molecular weight excluding hydrogens is 306 g/mol. The van der Waals surface area contributed by atoms with E-state index in [0.717, 1.165) is 10.9 Å². The number of carboxylic acid groups (broad SMARTS) is 1. The molecule has 118 valence electrons. The third-order valence-corrected chi connectivity index (χ3v) is 3.73. The van der Waals surface area contributed by atoms with Gasteiger partial charge in [-0.05, 0) is 30.3 Å². The summed E-state index contributed by atoms with van der Waals surface area (Å²) in [7, 11) is 1.80. The van der Waals surface area contributed by atoms with Crippen molar-refractivity contribution in [1.29, 1.82) is 5.26 Å². The highest BCUT2D eigenvalue weighted by molar-refractivity contribution is 6.13. The first kappa shape index (κ1) is 15.3. The number of anilines is 1. The van der Waals surface area contributed by atoms with Crippen LogP contribution in [-0.4, -0.2) is 21.6 Å². The molecule has 0 saturated carbocycles. The molecule has 24 heavy (non-hydrogen) atoms. The predicted molar refractivity (Wildman–Crippen MR) is 89.0 cm³/mol. The van der Waals surface area contributed by atoms with Gasteiger partial charge in [-0.2, -0.15) is 5.26 Å². The number of carbonyl (C=O) groups is 2. The molecule has 6 heteroatoms. The quantitative estimate of drug-likeness (QED) is 0.775. The van der Waals surface area contributed by atoms with Gasteiger partial charge in [-0.15, -0.1) is 0 Å². The highest BCUT2D eigenvalue weighted by Gasteiger charge is 2.15. The number of aromatic nitrogens is 1. The zero-order valence-electron chi connectivity index (χ0n) is 12.8. The van der Waals surface area contributed by atoms with Gasteiger partial charge in [0.05, 0.1) is 22.8 Å². The molecule has 1 aromatic heterocycles. The van der Waals surface area contributed by atoms with Crippen molar-refractivity contribution in [3.05, 3.63) is 65.4 Å². The minimum absolute atomic E-state index is 0.101. The molecular formula is C18H13N3O3. The van der Waals surface area contributed by atoms with Crippen LogP contribution in [0, 0.1) is 11.3 Å². The molecule has 2 aromatic carbocycles. The number of rotatable bonds is 3. The van der Waals surface area contributed by atoms with Gasteiger partial charge in [0.2, 0.25) is 0 Å². The van der Waals surface area contributed by atoms with Crippen LogP contribution >= 0.6 is 0 Å². The molecule has 1 heterocycles. The Balaban J connectivity index is 1.96. The summed E-state index contributed by atoms with van der Waals surface area (Å²) in [5.74, 6) is -1.40. The van der Waals surface area contributed by atoms with Gasteiger partial charge in [0.1, 0.15) is 0 Å². The standard InChI is InChI=1S/C18H13N3O3/c1-21-10-15(14-6-5-11(9-19)7-16(14)21)17(22)20-13-4-2-3-12(8-13)18(23)24/h2-8,10H,1H3,(H,20,22)(H,23,24). The van der Waals surface area contributed by atoms with Gasteiger partial charge in [0.15, 0.2) is 0 Å². The Bertz CT molecular complexity index is 1010. The fraction of sp³-hybridized carbons (Fsp3) is 0.0556. The zero-order chi connectivity index (χ0) is 17.3. The summed E-state index contributed by atoms with van der Waals surface area (Å²) in [4.78, 5) is 23.5. The number of carbonyl (C=O) groups excluding carboxylic acids is 1. The maximum absolute atomic E-state index is 12.5. The Morgan fingerprint density at radius 3 is 2.71 bits per heavy atom. The van der Waals surface area contributed by atoms with E-state index < -0.39 is 5.97 Å². The summed E-state index contributed by atoms with van der Waals surface area (Å²) in [6, 6.07) is 13.2. The van der Waals surface area contributed by atoms with Crippen molar-refractivity contribution in [3.8, 4) is 6.07 Å². The third kappa shape index (κ3) is 2.71. The second kappa shape index (κ2) is 5.89. The number of fused-ring (bicyclic) bond motifs is 1. The molecule has 0 radical (unpaired) electrons. The number of carboxylic acids is 1. The Morgan fingerprint density at radius 1 is 1.21 bits per heavy atom. The van der Waals surface area contributed by atoms with Crippen LogP contribution < -0.4 is 5.32 Å². The molecule has 2 N–H and O–H groups in total. The first-order valence-corrected chi connectivity index (χ1v) is 7.13. The summed E-state index contributed by atoms with van der Waals surface area (Å²) in [6.07, 6.45) is 1.68. The number of benzene rings is 2. The SMILES string of the molecule is Cn1cc(C(=O)Nc2cccc(C(=O)O)c2)c2ccc(C#N)cc21. The third-order valence-electron chi connectivity index (χ3n) is 3.73. The smallest absolute Gasteiger partial charge is 0.335 e.